The summed E-state index contributed by atoms with van der Waals surface area (Å²) >= 11 is 0. The molecule has 0 N–H and O–H groups in total. The lowest BCUT2D eigenvalue weighted by molar-refractivity contribution is 0.144. The molecule has 3 heterocycles. The lowest BCUT2D eigenvalue weighted by Crippen LogP contribution is -2.39. The topological polar surface area (TPSA) is 60.0 Å². The second-order valence-electron chi connectivity index (χ2n) is 8.89. The van der Waals surface area contributed by atoms with Gasteiger partial charge in [-0.15, -0.1) is 0 Å². The van der Waals surface area contributed by atoms with Crippen LogP contribution >= 0.6 is 0 Å². The van der Waals surface area contributed by atoms with Gasteiger partial charge in [-0.2, -0.15) is 14.8 Å². The summed E-state index contributed by atoms with van der Waals surface area (Å²) in [4.78, 5) is 7.13. The van der Waals surface area contributed by atoms with Crippen molar-refractivity contribution in [1.82, 2.24) is 24.8 Å². The summed E-state index contributed by atoms with van der Waals surface area (Å²) in [7, 11) is 0. The Bertz CT molecular complexity index is 1050. The molecule has 160 valence electrons. The van der Waals surface area contributed by atoms with Crippen molar-refractivity contribution >= 4 is 10.9 Å². The lowest BCUT2D eigenvalue weighted by Gasteiger charge is -2.34. The highest BCUT2D eigenvalue weighted by Crippen LogP contribution is 2.33. The largest absolute Gasteiger partial charge is 0.337 e. The van der Waals surface area contributed by atoms with Crippen LogP contribution in [-0.4, -0.2) is 44.0 Å². The Kier molecular flexibility index (Phi) is 5.05. The van der Waals surface area contributed by atoms with Crippen molar-refractivity contribution in [2.24, 2.45) is 0 Å². The Balaban J connectivity index is 1.42. The van der Waals surface area contributed by atoms with Gasteiger partial charge in [-0.3, -0.25) is 0 Å². The van der Waals surface area contributed by atoms with Gasteiger partial charge < -0.3 is 9.42 Å². The molecule has 0 unspecified atom stereocenters. The van der Waals surface area contributed by atoms with Gasteiger partial charge in [-0.25, -0.2) is 8.78 Å². The fourth-order valence-electron chi connectivity index (χ4n) is 5.00. The monoisotopic (exact) mass is 415 g/mol. The average Bonchev–Trinajstić information content (AvgIpc) is 3.50. The minimum atomic E-state index is -0.942. The number of fused-ring (bicyclic) bond motifs is 1. The van der Waals surface area contributed by atoms with Crippen molar-refractivity contribution in [2.45, 2.75) is 70.3 Å². The van der Waals surface area contributed by atoms with Crippen molar-refractivity contribution in [3.05, 3.63) is 35.4 Å². The fourth-order valence-corrected chi connectivity index (χ4v) is 5.00. The molecule has 3 aromatic rings. The molecule has 0 atom stereocenters. The van der Waals surface area contributed by atoms with E-state index in [4.69, 9.17) is 4.52 Å². The van der Waals surface area contributed by atoms with Gasteiger partial charge in [0.05, 0.1) is 5.69 Å². The van der Waals surface area contributed by atoms with Crippen LogP contribution in [0.2, 0.25) is 0 Å². The highest BCUT2D eigenvalue weighted by molar-refractivity contribution is 5.84. The van der Waals surface area contributed by atoms with Crippen LogP contribution in [0.3, 0.4) is 0 Å². The predicted molar refractivity (Wildman–Crippen MR) is 109 cm³/mol. The maximum Gasteiger partial charge on any atom is 0.291 e. The smallest absolute Gasteiger partial charge is 0.291 e. The number of benzene rings is 1. The molecule has 5 rings (SSSR count). The van der Waals surface area contributed by atoms with E-state index in [0.717, 1.165) is 38.0 Å². The summed E-state index contributed by atoms with van der Waals surface area (Å²) in [5.74, 6) is -0.904. The van der Waals surface area contributed by atoms with Crippen molar-refractivity contribution in [1.29, 1.82) is 0 Å². The first-order chi connectivity index (χ1) is 14.5. The van der Waals surface area contributed by atoms with Gasteiger partial charge in [0.25, 0.3) is 5.95 Å². The molecule has 1 saturated heterocycles. The molecular weight excluding hydrogens is 388 g/mol. The van der Waals surface area contributed by atoms with E-state index in [9.17, 15) is 8.78 Å². The van der Waals surface area contributed by atoms with Crippen LogP contribution in [0.1, 0.15) is 75.8 Å². The van der Waals surface area contributed by atoms with Gasteiger partial charge in [-0.1, -0.05) is 26.7 Å². The molecular formula is C22H27F2N5O. The van der Waals surface area contributed by atoms with Gasteiger partial charge in [0.1, 0.15) is 5.52 Å². The third kappa shape index (κ3) is 3.31. The summed E-state index contributed by atoms with van der Waals surface area (Å²) in [5.41, 5.74) is 0.738. The van der Waals surface area contributed by atoms with Gasteiger partial charge >= 0.3 is 0 Å². The van der Waals surface area contributed by atoms with Crippen LogP contribution < -0.4 is 0 Å². The Morgan fingerprint density at radius 3 is 2.50 bits per heavy atom. The maximum absolute atomic E-state index is 14.6. The van der Waals surface area contributed by atoms with Crippen molar-refractivity contribution in [3.63, 3.8) is 0 Å². The lowest BCUT2D eigenvalue weighted by atomic mass is 9.95. The normalized spacial score (nSPS) is 19.5. The molecule has 1 aliphatic carbocycles. The molecule has 6 nitrogen and oxygen atoms in total. The number of hydrogen-bond acceptors (Lipinski definition) is 5. The molecule has 2 fully saturated rings. The highest BCUT2D eigenvalue weighted by atomic mass is 19.2. The number of nitrogens with zero attached hydrogens (tertiary/aromatic N) is 5. The second kappa shape index (κ2) is 7.72. The third-order valence-electron chi connectivity index (χ3n) is 6.65. The fraction of sp³-hybridized carbons (Fsp3) is 0.591. The first-order valence-electron chi connectivity index (χ1n) is 11.0. The van der Waals surface area contributed by atoms with E-state index < -0.39 is 11.6 Å². The van der Waals surface area contributed by atoms with Crippen LogP contribution in [0.25, 0.3) is 16.9 Å². The van der Waals surface area contributed by atoms with Gasteiger partial charge in [0, 0.05) is 17.3 Å². The predicted octanol–water partition coefficient (Wildman–Crippen LogP) is 4.93. The number of likely N-dealkylation sites (tertiary alicyclic amines) is 1. The number of aromatic nitrogens is 4. The standard InChI is InChI=1S/C22H27F2N5O/c1-13(2)19-16-7-8-17(23)18(24)20(16)29(26-19)22-25-21(30-27-22)14-9-11-28(12-10-14)15-5-3-4-6-15/h7-8,13-15H,3-6,9-12H2,1-2H3. The van der Waals surface area contributed by atoms with E-state index in [-0.39, 0.29) is 23.3 Å². The SMILES string of the molecule is CC(C)c1nn(-c2noc(C3CCN(C4CCCC4)CC3)n2)c2c(F)c(F)ccc12. The van der Waals surface area contributed by atoms with E-state index in [1.807, 2.05) is 13.8 Å². The minimum absolute atomic E-state index is 0.0462. The van der Waals surface area contributed by atoms with E-state index in [1.54, 1.807) is 6.07 Å². The quantitative estimate of drug-likeness (QED) is 0.605. The zero-order valence-electron chi connectivity index (χ0n) is 17.4. The van der Waals surface area contributed by atoms with Crippen LogP contribution in [0.15, 0.2) is 16.7 Å². The summed E-state index contributed by atoms with van der Waals surface area (Å²) in [6, 6.07) is 3.42. The molecule has 1 aliphatic heterocycles. The number of rotatable bonds is 4. The third-order valence-corrected chi connectivity index (χ3v) is 6.65. The molecule has 30 heavy (non-hydrogen) atoms. The molecule has 1 saturated carbocycles. The van der Waals surface area contributed by atoms with Crippen molar-refractivity contribution in [3.8, 4) is 5.95 Å². The minimum Gasteiger partial charge on any atom is -0.337 e. The molecule has 0 bridgehead atoms. The van der Waals surface area contributed by atoms with E-state index in [1.165, 1.54) is 30.4 Å². The average molecular weight is 415 g/mol. The van der Waals surface area contributed by atoms with Gasteiger partial charge in [0.2, 0.25) is 5.89 Å². The van der Waals surface area contributed by atoms with E-state index in [2.05, 4.69) is 20.1 Å². The van der Waals surface area contributed by atoms with Crippen LogP contribution in [0.4, 0.5) is 8.78 Å². The first-order valence-corrected chi connectivity index (χ1v) is 11.0. The summed E-state index contributed by atoms with van der Waals surface area (Å²) in [6.07, 6.45) is 7.23. The van der Waals surface area contributed by atoms with Gasteiger partial charge in [-0.05, 0) is 62.0 Å². The molecule has 2 aromatic heterocycles. The summed E-state index contributed by atoms with van der Waals surface area (Å²) < 4.78 is 35.4. The number of halogens is 2. The second-order valence-corrected chi connectivity index (χ2v) is 8.89. The molecule has 8 heteroatoms. The Morgan fingerprint density at radius 1 is 1.07 bits per heavy atom. The molecule has 0 amide bonds. The van der Waals surface area contributed by atoms with Gasteiger partial charge in [0.15, 0.2) is 11.6 Å². The summed E-state index contributed by atoms with van der Waals surface area (Å²) in [5, 5.41) is 9.13. The highest BCUT2D eigenvalue weighted by Gasteiger charge is 2.31. The zero-order valence-corrected chi connectivity index (χ0v) is 17.4. The maximum atomic E-state index is 14.6. The van der Waals surface area contributed by atoms with Crippen molar-refractivity contribution in [2.75, 3.05) is 13.1 Å². The van der Waals surface area contributed by atoms with Crippen LogP contribution in [-0.2, 0) is 0 Å². The molecule has 0 spiro atoms. The zero-order chi connectivity index (χ0) is 20.8. The number of piperidine rings is 1. The Morgan fingerprint density at radius 2 is 1.80 bits per heavy atom. The number of hydrogen-bond donors (Lipinski definition) is 0. The molecule has 0 radical (unpaired) electrons. The van der Waals surface area contributed by atoms with Crippen LogP contribution in [0, 0.1) is 11.6 Å². The van der Waals surface area contributed by atoms with Crippen LogP contribution in [0.5, 0.6) is 0 Å². The Labute approximate surface area is 174 Å². The van der Waals surface area contributed by atoms with Crippen molar-refractivity contribution < 1.29 is 13.3 Å². The summed E-state index contributed by atoms with van der Waals surface area (Å²) in [6.45, 7) is 6.00. The van der Waals surface area contributed by atoms with E-state index in [0.29, 0.717) is 17.0 Å². The molecule has 1 aromatic carbocycles. The Hall–Kier alpha value is -2.35. The van der Waals surface area contributed by atoms with E-state index >= 15 is 0 Å². The first kappa shape index (κ1) is 19.6. The molecule has 2 aliphatic rings.